The Labute approximate surface area is 148 Å². The molecule has 0 spiro atoms. The van der Waals surface area contributed by atoms with Crippen LogP contribution in [0.2, 0.25) is 0 Å². The highest BCUT2D eigenvalue weighted by Gasteiger charge is 2.29. The second-order valence-electron chi connectivity index (χ2n) is 6.12. The third-order valence-corrected chi connectivity index (χ3v) is 5.76. The summed E-state index contributed by atoms with van der Waals surface area (Å²) in [5.41, 5.74) is 0.412. The number of nitrogens with zero attached hydrogens (tertiary/aromatic N) is 4. The van der Waals surface area contributed by atoms with Gasteiger partial charge in [0, 0.05) is 51.9 Å². The van der Waals surface area contributed by atoms with Gasteiger partial charge in [-0.2, -0.15) is 4.31 Å². The Bertz CT molecular complexity index is 639. The Hall–Kier alpha value is -1.65. The van der Waals surface area contributed by atoms with Crippen LogP contribution in [0.25, 0.3) is 0 Å². The van der Waals surface area contributed by atoms with Gasteiger partial charge in [0.1, 0.15) is 12.0 Å². The highest BCUT2D eigenvalue weighted by Crippen LogP contribution is 2.13. The lowest BCUT2D eigenvalue weighted by Crippen LogP contribution is -2.54. The number of aliphatic imine (C=N–C) groups is 1. The first kappa shape index (κ1) is 19.7. The number of aromatic nitrogens is 1. The summed E-state index contributed by atoms with van der Waals surface area (Å²) in [6.07, 6.45) is 1.37. The van der Waals surface area contributed by atoms with Crippen LogP contribution < -0.4 is 5.32 Å². The molecule has 0 bridgehead atoms. The molecule has 0 saturated carbocycles. The van der Waals surface area contributed by atoms with Crippen molar-refractivity contribution in [3.63, 3.8) is 0 Å². The fourth-order valence-electron chi connectivity index (χ4n) is 2.49. The molecule has 2 heterocycles. The van der Waals surface area contributed by atoms with Crippen molar-refractivity contribution in [1.82, 2.24) is 19.7 Å². The summed E-state index contributed by atoms with van der Waals surface area (Å²) in [6.45, 7) is 7.22. The van der Waals surface area contributed by atoms with E-state index in [-0.39, 0.29) is 18.3 Å². The zero-order valence-electron chi connectivity index (χ0n) is 14.8. The Kier molecular flexibility index (Phi) is 7.21. The van der Waals surface area contributed by atoms with Crippen LogP contribution in [0.15, 0.2) is 21.8 Å². The number of rotatable bonds is 7. The van der Waals surface area contributed by atoms with Crippen LogP contribution in [0.1, 0.15) is 19.5 Å². The molecule has 1 saturated heterocycles. The van der Waals surface area contributed by atoms with Gasteiger partial charge in [0.2, 0.25) is 10.0 Å². The fourth-order valence-corrected chi connectivity index (χ4v) is 3.92. The average molecular weight is 373 g/mol. The molecule has 0 radical (unpaired) electrons. The molecule has 1 aliphatic rings. The minimum absolute atomic E-state index is 0.0942. The molecule has 1 aromatic heterocycles. The Morgan fingerprint density at radius 2 is 2.16 bits per heavy atom. The number of nitrogens with one attached hydrogen (secondary N) is 1. The molecular formula is C15H27N5O4S. The molecule has 9 nitrogen and oxygen atoms in total. The van der Waals surface area contributed by atoms with Crippen LogP contribution in [-0.2, 0) is 15.8 Å². The van der Waals surface area contributed by atoms with E-state index in [2.05, 4.69) is 20.4 Å². The Morgan fingerprint density at radius 3 is 2.72 bits per heavy atom. The molecule has 1 unspecified atom stereocenters. The molecular weight excluding hydrogens is 346 g/mol. The standard InChI is InChI=1S/C15H27N5O4S/c1-3-16-15(17-10-13(2)11-21)19-5-7-20(8-6-19)25(22,23)12-14-4-9-24-18-14/h4,9,13,21H,3,5-8,10-12H2,1-2H3,(H,16,17). The summed E-state index contributed by atoms with van der Waals surface area (Å²) in [7, 11) is -3.41. The second kappa shape index (κ2) is 9.16. The molecule has 25 heavy (non-hydrogen) atoms. The number of hydrogen-bond donors (Lipinski definition) is 2. The average Bonchev–Trinajstić information content (AvgIpc) is 3.10. The minimum atomic E-state index is -3.41. The number of aliphatic hydroxyl groups is 1. The molecule has 10 heteroatoms. The SMILES string of the molecule is CCNC(=NCC(C)CO)N1CCN(S(=O)(=O)Cc2ccon2)CC1. The van der Waals surface area contributed by atoms with Crippen LogP contribution in [0.4, 0.5) is 0 Å². The largest absolute Gasteiger partial charge is 0.396 e. The summed E-state index contributed by atoms with van der Waals surface area (Å²) >= 11 is 0. The number of hydrogen-bond acceptors (Lipinski definition) is 6. The highest BCUT2D eigenvalue weighted by molar-refractivity contribution is 7.88. The predicted octanol–water partition coefficient (Wildman–Crippen LogP) is -0.284. The summed E-state index contributed by atoms with van der Waals surface area (Å²) in [5, 5.41) is 16.0. The summed E-state index contributed by atoms with van der Waals surface area (Å²) in [5.74, 6) is 0.709. The summed E-state index contributed by atoms with van der Waals surface area (Å²) < 4.78 is 31.1. The minimum Gasteiger partial charge on any atom is -0.396 e. The third-order valence-electron chi connectivity index (χ3n) is 3.95. The lowest BCUT2D eigenvalue weighted by molar-refractivity contribution is 0.239. The van der Waals surface area contributed by atoms with Gasteiger partial charge < -0.3 is 19.8 Å². The number of guanidine groups is 1. The van der Waals surface area contributed by atoms with Gasteiger partial charge in [0.15, 0.2) is 5.96 Å². The van der Waals surface area contributed by atoms with Crippen molar-refractivity contribution in [2.75, 3.05) is 45.9 Å². The first-order valence-electron chi connectivity index (χ1n) is 8.47. The van der Waals surface area contributed by atoms with Gasteiger partial charge in [-0.25, -0.2) is 8.42 Å². The smallest absolute Gasteiger partial charge is 0.220 e. The van der Waals surface area contributed by atoms with E-state index < -0.39 is 10.0 Å². The van der Waals surface area contributed by atoms with E-state index in [1.54, 1.807) is 6.07 Å². The van der Waals surface area contributed by atoms with Gasteiger partial charge in [-0.1, -0.05) is 12.1 Å². The third kappa shape index (κ3) is 5.68. The van der Waals surface area contributed by atoms with Gasteiger partial charge >= 0.3 is 0 Å². The zero-order chi connectivity index (χ0) is 18.3. The van der Waals surface area contributed by atoms with E-state index >= 15 is 0 Å². The van der Waals surface area contributed by atoms with Gasteiger partial charge in [0.05, 0.1) is 5.69 Å². The molecule has 1 aromatic rings. The van der Waals surface area contributed by atoms with Crippen molar-refractivity contribution < 1.29 is 18.0 Å². The Balaban J connectivity index is 1.94. The van der Waals surface area contributed by atoms with Crippen LogP contribution in [0.5, 0.6) is 0 Å². The maximum absolute atomic E-state index is 12.5. The number of aliphatic hydroxyl groups excluding tert-OH is 1. The summed E-state index contributed by atoms with van der Waals surface area (Å²) in [6, 6.07) is 1.56. The molecule has 1 fully saturated rings. The van der Waals surface area contributed by atoms with Crippen molar-refractivity contribution >= 4 is 16.0 Å². The van der Waals surface area contributed by atoms with Crippen molar-refractivity contribution in [2.24, 2.45) is 10.9 Å². The van der Waals surface area contributed by atoms with Crippen LogP contribution in [0.3, 0.4) is 0 Å². The number of piperazine rings is 1. The van der Waals surface area contributed by atoms with E-state index in [0.29, 0.717) is 38.4 Å². The normalized spacial score (nSPS) is 18.4. The van der Waals surface area contributed by atoms with Crippen molar-refractivity contribution in [1.29, 1.82) is 0 Å². The van der Waals surface area contributed by atoms with Crippen LogP contribution in [-0.4, -0.2) is 79.7 Å². The molecule has 0 aliphatic carbocycles. The van der Waals surface area contributed by atoms with Crippen molar-refractivity contribution in [3.05, 3.63) is 18.0 Å². The molecule has 2 rings (SSSR count). The molecule has 2 N–H and O–H groups in total. The monoisotopic (exact) mass is 373 g/mol. The molecule has 0 amide bonds. The molecule has 1 atom stereocenters. The van der Waals surface area contributed by atoms with Gasteiger partial charge in [0.25, 0.3) is 0 Å². The van der Waals surface area contributed by atoms with Gasteiger partial charge in [-0.05, 0) is 12.8 Å². The van der Waals surface area contributed by atoms with E-state index in [1.165, 1.54) is 10.6 Å². The maximum Gasteiger partial charge on any atom is 0.220 e. The van der Waals surface area contributed by atoms with Crippen LogP contribution >= 0.6 is 0 Å². The lowest BCUT2D eigenvalue weighted by Gasteiger charge is -2.35. The Morgan fingerprint density at radius 1 is 1.44 bits per heavy atom. The maximum atomic E-state index is 12.5. The zero-order valence-corrected chi connectivity index (χ0v) is 15.6. The van der Waals surface area contributed by atoms with Crippen LogP contribution in [0, 0.1) is 5.92 Å². The lowest BCUT2D eigenvalue weighted by atomic mass is 10.2. The van der Waals surface area contributed by atoms with E-state index in [0.717, 1.165) is 12.5 Å². The molecule has 142 valence electrons. The predicted molar refractivity (Wildman–Crippen MR) is 94.5 cm³/mol. The van der Waals surface area contributed by atoms with Crippen molar-refractivity contribution in [3.8, 4) is 0 Å². The highest BCUT2D eigenvalue weighted by atomic mass is 32.2. The van der Waals surface area contributed by atoms with E-state index in [4.69, 9.17) is 9.63 Å². The van der Waals surface area contributed by atoms with Crippen molar-refractivity contribution in [2.45, 2.75) is 19.6 Å². The first-order valence-corrected chi connectivity index (χ1v) is 10.1. The van der Waals surface area contributed by atoms with E-state index in [1.807, 2.05) is 13.8 Å². The molecule has 1 aliphatic heterocycles. The van der Waals surface area contributed by atoms with E-state index in [9.17, 15) is 8.42 Å². The first-order chi connectivity index (χ1) is 12.0. The summed E-state index contributed by atoms with van der Waals surface area (Å²) in [4.78, 5) is 6.59. The second-order valence-corrected chi connectivity index (χ2v) is 8.08. The topological polar surface area (TPSA) is 111 Å². The fraction of sp³-hybridized carbons (Fsp3) is 0.733. The quantitative estimate of drug-likeness (QED) is 0.499. The molecule has 0 aromatic carbocycles. The number of sulfonamides is 1. The van der Waals surface area contributed by atoms with Gasteiger partial charge in [-0.15, -0.1) is 0 Å². The van der Waals surface area contributed by atoms with Gasteiger partial charge in [-0.3, -0.25) is 4.99 Å².